The molecule has 1 aromatic carbocycles. The van der Waals surface area contributed by atoms with Gasteiger partial charge in [-0.3, -0.25) is 4.99 Å². The van der Waals surface area contributed by atoms with Crippen LogP contribution < -0.4 is 5.32 Å². The average Bonchev–Trinajstić information content (AvgIpc) is 2.69. The van der Waals surface area contributed by atoms with Gasteiger partial charge in [0, 0.05) is 12.3 Å². The molecule has 0 bridgehead atoms. The number of nitrogens with zero attached hydrogens (tertiary/aromatic N) is 1. The van der Waals surface area contributed by atoms with Crippen LogP contribution in [0.5, 0.6) is 0 Å². The number of hydrogen-bond acceptors (Lipinski definition) is 2. The van der Waals surface area contributed by atoms with E-state index in [9.17, 15) is 0 Å². The molecule has 2 nitrogen and oxygen atoms in total. The predicted octanol–water partition coefficient (Wildman–Crippen LogP) is 2.45. The van der Waals surface area contributed by atoms with Gasteiger partial charge in [-0.05, 0) is 37.9 Å². The molecule has 1 aliphatic heterocycles. The van der Waals surface area contributed by atoms with Crippen LogP contribution in [0.2, 0.25) is 0 Å². The number of benzene rings is 1. The van der Waals surface area contributed by atoms with E-state index in [1.54, 1.807) is 0 Å². The zero-order chi connectivity index (χ0) is 9.80. The summed E-state index contributed by atoms with van der Waals surface area (Å²) in [6.45, 7) is 3.22. The summed E-state index contributed by atoms with van der Waals surface area (Å²) >= 11 is 0. The molecule has 1 atom stereocenters. The normalized spacial score (nSPS) is 21.9. The summed E-state index contributed by atoms with van der Waals surface area (Å²) in [6.07, 6.45) is 4.52. The van der Waals surface area contributed by atoms with Gasteiger partial charge in [-0.25, -0.2) is 0 Å². The van der Waals surface area contributed by atoms with Crippen molar-refractivity contribution in [1.29, 1.82) is 0 Å². The van der Waals surface area contributed by atoms with Crippen LogP contribution in [0.1, 0.15) is 18.4 Å². The van der Waals surface area contributed by atoms with E-state index in [-0.39, 0.29) is 0 Å². The smallest absolute Gasteiger partial charge is 0.0655 e. The average molecular weight is 188 g/mol. The molecule has 2 heteroatoms. The summed E-state index contributed by atoms with van der Waals surface area (Å²) in [6, 6.07) is 8.70. The number of hydrogen-bond donors (Lipinski definition) is 1. The second-order valence-corrected chi connectivity index (χ2v) is 3.77. The summed E-state index contributed by atoms with van der Waals surface area (Å²) in [5.41, 5.74) is 2.32. The lowest BCUT2D eigenvalue weighted by Crippen LogP contribution is -2.22. The highest BCUT2D eigenvalue weighted by atomic mass is 14.9. The highest BCUT2D eigenvalue weighted by Crippen LogP contribution is 2.17. The third kappa shape index (κ3) is 2.20. The Kier molecular flexibility index (Phi) is 2.94. The standard InChI is InChI=1S/C12H16N2/c1-10-5-2-3-7-12(10)14-9-11-6-4-8-13-11/h2-3,5,7,9,11,13H,4,6,8H2,1H3. The first-order valence-corrected chi connectivity index (χ1v) is 5.19. The summed E-state index contributed by atoms with van der Waals surface area (Å²) in [7, 11) is 0. The van der Waals surface area contributed by atoms with Gasteiger partial charge in [-0.1, -0.05) is 18.2 Å². The van der Waals surface area contributed by atoms with E-state index in [4.69, 9.17) is 0 Å². The molecule has 1 aliphatic rings. The molecule has 1 unspecified atom stereocenters. The van der Waals surface area contributed by atoms with E-state index < -0.39 is 0 Å². The topological polar surface area (TPSA) is 24.4 Å². The van der Waals surface area contributed by atoms with Crippen LogP contribution in [-0.2, 0) is 0 Å². The SMILES string of the molecule is Cc1ccccc1N=CC1CCCN1. The minimum absolute atomic E-state index is 0.481. The Hall–Kier alpha value is -1.15. The third-order valence-electron chi connectivity index (χ3n) is 2.61. The molecule has 0 aromatic heterocycles. The van der Waals surface area contributed by atoms with E-state index in [0.717, 1.165) is 12.2 Å². The molecule has 14 heavy (non-hydrogen) atoms. The Balaban J connectivity index is 2.06. The van der Waals surface area contributed by atoms with Crippen molar-refractivity contribution in [3.63, 3.8) is 0 Å². The van der Waals surface area contributed by atoms with Gasteiger partial charge < -0.3 is 5.32 Å². The first-order chi connectivity index (χ1) is 6.86. The first kappa shape index (κ1) is 9.41. The molecule has 0 saturated carbocycles. The molecule has 0 radical (unpaired) electrons. The molecule has 0 amide bonds. The lowest BCUT2D eigenvalue weighted by atomic mass is 10.2. The van der Waals surface area contributed by atoms with Crippen LogP contribution in [-0.4, -0.2) is 18.8 Å². The molecule has 0 spiro atoms. The van der Waals surface area contributed by atoms with E-state index in [0.29, 0.717) is 6.04 Å². The minimum atomic E-state index is 0.481. The van der Waals surface area contributed by atoms with Crippen molar-refractivity contribution in [3.05, 3.63) is 29.8 Å². The molecule has 1 fully saturated rings. The van der Waals surface area contributed by atoms with Crippen LogP contribution in [0.3, 0.4) is 0 Å². The summed E-state index contributed by atoms with van der Waals surface area (Å²) in [5.74, 6) is 0. The van der Waals surface area contributed by atoms with Crippen molar-refractivity contribution in [1.82, 2.24) is 5.32 Å². The molecule has 1 heterocycles. The van der Waals surface area contributed by atoms with Gasteiger partial charge in [0.2, 0.25) is 0 Å². The van der Waals surface area contributed by atoms with Crippen molar-refractivity contribution >= 4 is 11.9 Å². The number of para-hydroxylation sites is 1. The zero-order valence-corrected chi connectivity index (χ0v) is 8.53. The second-order valence-electron chi connectivity index (χ2n) is 3.77. The van der Waals surface area contributed by atoms with Gasteiger partial charge in [0.1, 0.15) is 0 Å². The van der Waals surface area contributed by atoms with Crippen LogP contribution in [0.25, 0.3) is 0 Å². The number of rotatable bonds is 2. The van der Waals surface area contributed by atoms with E-state index in [1.807, 2.05) is 18.3 Å². The Morgan fingerprint density at radius 3 is 3.00 bits per heavy atom. The second kappa shape index (κ2) is 4.38. The highest BCUT2D eigenvalue weighted by Gasteiger charge is 2.10. The minimum Gasteiger partial charge on any atom is -0.309 e. The van der Waals surface area contributed by atoms with Gasteiger partial charge in [0.05, 0.1) is 5.69 Å². The predicted molar refractivity (Wildman–Crippen MR) is 60.4 cm³/mol. The molecule has 2 rings (SSSR count). The lowest BCUT2D eigenvalue weighted by molar-refractivity contribution is 0.774. The Bertz CT molecular complexity index is 325. The molecular weight excluding hydrogens is 172 g/mol. The number of aryl methyl sites for hydroxylation is 1. The lowest BCUT2D eigenvalue weighted by Gasteiger charge is -2.02. The van der Waals surface area contributed by atoms with E-state index >= 15 is 0 Å². The first-order valence-electron chi connectivity index (χ1n) is 5.19. The fourth-order valence-electron chi connectivity index (χ4n) is 1.72. The third-order valence-corrected chi connectivity index (χ3v) is 2.61. The highest BCUT2D eigenvalue weighted by molar-refractivity contribution is 5.70. The monoisotopic (exact) mass is 188 g/mol. The Morgan fingerprint density at radius 2 is 2.29 bits per heavy atom. The number of aliphatic imine (C=N–C) groups is 1. The zero-order valence-electron chi connectivity index (χ0n) is 8.53. The molecular formula is C12H16N2. The molecule has 1 aromatic rings. The summed E-state index contributed by atoms with van der Waals surface area (Å²) < 4.78 is 0. The van der Waals surface area contributed by atoms with Crippen LogP contribution in [0.15, 0.2) is 29.3 Å². The number of nitrogens with one attached hydrogen (secondary N) is 1. The van der Waals surface area contributed by atoms with Crippen molar-refractivity contribution in [2.75, 3.05) is 6.54 Å². The van der Waals surface area contributed by atoms with Crippen molar-refractivity contribution < 1.29 is 0 Å². The van der Waals surface area contributed by atoms with Crippen LogP contribution in [0, 0.1) is 6.92 Å². The molecule has 0 aliphatic carbocycles. The molecule has 1 N–H and O–H groups in total. The summed E-state index contributed by atoms with van der Waals surface area (Å²) in [5, 5.41) is 3.40. The van der Waals surface area contributed by atoms with Gasteiger partial charge in [-0.2, -0.15) is 0 Å². The van der Waals surface area contributed by atoms with Gasteiger partial charge in [-0.15, -0.1) is 0 Å². The maximum Gasteiger partial charge on any atom is 0.0655 e. The van der Waals surface area contributed by atoms with Crippen molar-refractivity contribution in [3.8, 4) is 0 Å². The van der Waals surface area contributed by atoms with Gasteiger partial charge in [0.15, 0.2) is 0 Å². The van der Waals surface area contributed by atoms with Crippen molar-refractivity contribution in [2.45, 2.75) is 25.8 Å². The Labute approximate surface area is 85.1 Å². The fourth-order valence-corrected chi connectivity index (χ4v) is 1.72. The van der Waals surface area contributed by atoms with Crippen molar-refractivity contribution in [2.24, 2.45) is 4.99 Å². The largest absolute Gasteiger partial charge is 0.309 e. The van der Waals surface area contributed by atoms with Gasteiger partial charge in [0.25, 0.3) is 0 Å². The molecule has 74 valence electrons. The van der Waals surface area contributed by atoms with E-state index in [2.05, 4.69) is 29.4 Å². The Morgan fingerprint density at radius 1 is 1.43 bits per heavy atom. The summed E-state index contributed by atoms with van der Waals surface area (Å²) in [4.78, 5) is 4.50. The van der Waals surface area contributed by atoms with Gasteiger partial charge >= 0.3 is 0 Å². The van der Waals surface area contributed by atoms with Crippen LogP contribution >= 0.6 is 0 Å². The van der Waals surface area contributed by atoms with E-state index in [1.165, 1.54) is 18.4 Å². The quantitative estimate of drug-likeness (QED) is 0.708. The van der Waals surface area contributed by atoms with Crippen LogP contribution in [0.4, 0.5) is 5.69 Å². The maximum absolute atomic E-state index is 4.50. The maximum atomic E-state index is 4.50. The molecule has 1 saturated heterocycles. The fraction of sp³-hybridized carbons (Fsp3) is 0.417.